The number of aromatic nitrogens is 1. The fourth-order valence-corrected chi connectivity index (χ4v) is 2.38. The number of anilines is 1. The van der Waals surface area contributed by atoms with Gasteiger partial charge in [0.05, 0.1) is 23.5 Å². The van der Waals surface area contributed by atoms with E-state index in [-0.39, 0.29) is 11.2 Å². The molecule has 0 aliphatic heterocycles. The number of nitrogens with two attached hydrogens (primary N) is 1. The summed E-state index contributed by atoms with van der Waals surface area (Å²) in [4.78, 5) is 12.1. The highest BCUT2D eigenvalue weighted by molar-refractivity contribution is 6.32. The van der Waals surface area contributed by atoms with Gasteiger partial charge in [-0.2, -0.15) is 0 Å². The van der Waals surface area contributed by atoms with E-state index in [2.05, 4.69) is 0 Å². The number of pyridine rings is 1. The van der Waals surface area contributed by atoms with Crippen molar-refractivity contribution in [3.05, 3.63) is 45.7 Å². The van der Waals surface area contributed by atoms with E-state index in [0.29, 0.717) is 17.3 Å². The second-order valence-electron chi connectivity index (χ2n) is 4.48. The van der Waals surface area contributed by atoms with E-state index >= 15 is 0 Å². The molecule has 2 rings (SSSR count). The smallest absolute Gasteiger partial charge is 0.274 e. The number of halogens is 1. The number of nitrogen functional groups attached to an aromatic ring is 1. The minimum atomic E-state index is -0.170. The van der Waals surface area contributed by atoms with Crippen molar-refractivity contribution in [1.29, 1.82) is 0 Å². The maximum absolute atomic E-state index is 12.1. The topological polar surface area (TPSA) is 57.2 Å². The van der Waals surface area contributed by atoms with Gasteiger partial charge in [0.2, 0.25) is 0 Å². The van der Waals surface area contributed by atoms with Gasteiger partial charge in [0, 0.05) is 6.54 Å². The third kappa shape index (κ3) is 2.65. The zero-order chi connectivity index (χ0) is 14.7. The summed E-state index contributed by atoms with van der Waals surface area (Å²) >= 11 is 6.14. The normalized spacial score (nSPS) is 10.6. The van der Waals surface area contributed by atoms with E-state index in [1.165, 1.54) is 0 Å². The van der Waals surface area contributed by atoms with Crippen molar-refractivity contribution in [2.75, 3.05) is 12.8 Å². The molecule has 4 nitrogen and oxygen atoms in total. The number of rotatable bonds is 4. The van der Waals surface area contributed by atoms with Crippen LogP contribution in [0.15, 0.2) is 35.1 Å². The van der Waals surface area contributed by atoms with Crippen LogP contribution in [0.5, 0.6) is 5.75 Å². The van der Waals surface area contributed by atoms with Gasteiger partial charge < -0.3 is 15.0 Å². The summed E-state index contributed by atoms with van der Waals surface area (Å²) < 4.78 is 6.81. The minimum Gasteiger partial charge on any atom is -0.495 e. The number of hydrogen-bond acceptors (Lipinski definition) is 3. The van der Waals surface area contributed by atoms with Crippen LogP contribution in [0.2, 0.25) is 5.02 Å². The summed E-state index contributed by atoms with van der Waals surface area (Å²) in [6, 6.07) is 8.92. The Morgan fingerprint density at radius 2 is 2.05 bits per heavy atom. The van der Waals surface area contributed by atoms with E-state index in [1.807, 2.05) is 19.1 Å². The van der Waals surface area contributed by atoms with Crippen LogP contribution in [-0.2, 0) is 6.54 Å². The van der Waals surface area contributed by atoms with E-state index < -0.39 is 0 Å². The van der Waals surface area contributed by atoms with Gasteiger partial charge in [-0.1, -0.05) is 18.5 Å². The highest BCUT2D eigenvalue weighted by Crippen LogP contribution is 2.30. The van der Waals surface area contributed by atoms with Crippen molar-refractivity contribution in [3.63, 3.8) is 0 Å². The maximum Gasteiger partial charge on any atom is 0.274 e. The number of nitrogens with zero attached hydrogens (tertiary/aromatic N) is 1. The van der Waals surface area contributed by atoms with Crippen molar-refractivity contribution in [2.45, 2.75) is 19.9 Å². The average Bonchev–Trinajstić information content (AvgIpc) is 2.44. The Morgan fingerprint density at radius 1 is 1.30 bits per heavy atom. The van der Waals surface area contributed by atoms with Crippen LogP contribution in [0.3, 0.4) is 0 Å². The van der Waals surface area contributed by atoms with Gasteiger partial charge in [-0.05, 0) is 42.3 Å². The molecule has 0 amide bonds. The molecule has 1 aromatic heterocycles. The largest absolute Gasteiger partial charge is 0.495 e. The lowest BCUT2D eigenvalue weighted by Crippen LogP contribution is -2.24. The van der Waals surface area contributed by atoms with Crippen LogP contribution < -0.4 is 16.0 Å². The molecule has 0 bridgehead atoms. The first-order valence-corrected chi connectivity index (χ1v) is 6.79. The first-order chi connectivity index (χ1) is 9.58. The van der Waals surface area contributed by atoms with Gasteiger partial charge >= 0.3 is 0 Å². The first kappa shape index (κ1) is 14.5. The van der Waals surface area contributed by atoms with Crippen molar-refractivity contribution in [2.24, 2.45) is 0 Å². The van der Waals surface area contributed by atoms with Crippen molar-refractivity contribution < 1.29 is 4.74 Å². The summed E-state index contributed by atoms with van der Waals surface area (Å²) in [6.45, 7) is 2.63. The molecule has 2 N–H and O–H groups in total. The summed E-state index contributed by atoms with van der Waals surface area (Å²) in [5.41, 5.74) is 7.44. The number of ether oxygens (including phenoxy) is 1. The van der Waals surface area contributed by atoms with Crippen molar-refractivity contribution in [1.82, 2.24) is 4.57 Å². The van der Waals surface area contributed by atoms with Gasteiger partial charge in [-0.3, -0.25) is 4.79 Å². The summed E-state index contributed by atoms with van der Waals surface area (Å²) in [6.07, 6.45) is 0.847. The molecule has 2 aromatic rings. The molecule has 0 fully saturated rings. The Kier molecular flexibility index (Phi) is 4.35. The van der Waals surface area contributed by atoms with Crippen LogP contribution in [-0.4, -0.2) is 11.7 Å². The Balaban J connectivity index is 2.60. The lowest BCUT2D eigenvalue weighted by Gasteiger charge is -2.14. The SMILES string of the molecule is CCCn1c(-c2ccc(OC)c(Cl)c2)ccc(N)c1=O. The Morgan fingerprint density at radius 3 is 2.65 bits per heavy atom. The molecule has 106 valence electrons. The van der Waals surface area contributed by atoms with Crippen molar-refractivity contribution >= 4 is 17.3 Å². The molecule has 5 heteroatoms. The summed E-state index contributed by atoms with van der Waals surface area (Å²) in [5.74, 6) is 0.607. The Hall–Kier alpha value is -1.94. The number of benzene rings is 1. The van der Waals surface area contributed by atoms with Crippen LogP contribution >= 0.6 is 11.6 Å². The number of hydrogen-bond donors (Lipinski definition) is 1. The molecule has 0 saturated heterocycles. The summed E-state index contributed by atoms with van der Waals surface area (Å²) in [7, 11) is 1.57. The zero-order valence-electron chi connectivity index (χ0n) is 11.5. The molecule has 1 heterocycles. The first-order valence-electron chi connectivity index (χ1n) is 6.41. The van der Waals surface area contributed by atoms with Gasteiger partial charge in [0.1, 0.15) is 5.75 Å². The second kappa shape index (κ2) is 6.01. The van der Waals surface area contributed by atoms with Crippen molar-refractivity contribution in [3.8, 4) is 17.0 Å². The van der Waals surface area contributed by atoms with E-state index in [4.69, 9.17) is 22.1 Å². The van der Waals surface area contributed by atoms with E-state index in [9.17, 15) is 4.79 Å². The van der Waals surface area contributed by atoms with Gasteiger partial charge in [-0.25, -0.2) is 0 Å². The monoisotopic (exact) mass is 292 g/mol. The molecule has 0 aliphatic carbocycles. The summed E-state index contributed by atoms with van der Waals surface area (Å²) in [5, 5.41) is 0.511. The van der Waals surface area contributed by atoms with E-state index in [0.717, 1.165) is 17.7 Å². The third-order valence-electron chi connectivity index (χ3n) is 3.10. The molecular formula is C15H17ClN2O2. The van der Waals surface area contributed by atoms with Crippen LogP contribution in [0.1, 0.15) is 13.3 Å². The lowest BCUT2D eigenvalue weighted by molar-refractivity contribution is 0.415. The average molecular weight is 293 g/mol. The highest BCUT2D eigenvalue weighted by Gasteiger charge is 2.10. The number of methoxy groups -OCH3 is 1. The predicted octanol–water partition coefficient (Wildman–Crippen LogP) is 3.17. The zero-order valence-corrected chi connectivity index (χ0v) is 12.3. The Bertz CT molecular complexity index is 680. The second-order valence-corrected chi connectivity index (χ2v) is 4.89. The quantitative estimate of drug-likeness (QED) is 0.941. The Labute approximate surface area is 122 Å². The van der Waals surface area contributed by atoms with E-state index in [1.54, 1.807) is 29.9 Å². The molecule has 0 radical (unpaired) electrons. The van der Waals surface area contributed by atoms with Crippen LogP contribution in [0, 0.1) is 0 Å². The molecular weight excluding hydrogens is 276 g/mol. The molecule has 1 aromatic carbocycles. The fraction of sp³-hybridized carbons (Fsp3) is 0.267. The molecule has 20 heavy (non-hydrogen) atoms. The van der Waals surface area contributed by atoms with Gasteiger partial charge in [0.25, 0.3) is 5.56 Å². The lowest BCUT2D eigenvalue weighted by atomic mass is 10.1. The molecule has 0 unspecified atom stereocenters. The minimum absolute atomic E-state index is 0.170. The van der Waals surface area contributed by atoms with Gasteiger partial charge in [-0.15, -0.1) is 0 Å². The fourth-order valence-electron chi connectivity index (χ4n) is 2.12. The van der Waals surface area contributed by atoms with Crippen LogP contribution in [0.4, 0.5) is 5.69 Å². The highest BCUT2D eigenvalue weighted by atomic mass is 35.5. The standard InChI is InChI=1S/C15H17ClN2O2/c1-3-8-18-13(6-5-12(17)15(18)19)10-4-7-14(20-2)11(16)9-10/h4-7,9H,3,8,17H2,1-2H3. The third-order valence-corrected chi connectivity index (χ3v) is 3.39. The van der Waals surface area contributed by atoms with Gasteiger partial charge in [0.15, 0.2) is 0 Å². The molecule has 0 spiro atoms. The van der Waals surface area contributed by atoms with Crippen LogP contribution in [0.25, 0.3) is 11.3 Å². The molecule has 0 atom stereocenters. The molecule has 0 aliphatic rings. The predicted molar refractivity (Wildman–Crippen MR) is 82.4 cm³/mol. The molecule has 0 saturated carbocycles. The maximum atomic E-state index is 12.1.